The molecule has 4 aromatic carbocycles. The zero-order chi connectivity index (χ0) is 30.3. The van der Waals surface area contributed by atoms with E-state index in [1.54, 1.807) is 29.2 Å². The van der Waals surface area contributed by atoms with E-state index in [0.29, 0.717) is 11.4 Å². The zero-order valence-electron chi connectivity index (χ0n) is 24.4. The Labute approximate surface area is 255 Å². The minimum absolute atomic E-state index is 0.0807. The summed E-state index contributed by atoms with van der Waals surface area (Å²) in [6.45, 7) is 4.17. The van der Waals surface area contributed by atoms with Crippen LogP contribution in [0.25, 0.3) is 0 Å². The molecule has 2 fully saturated rings. The number of aryl methyl sites for hydroxylation is 2. The summed E-state index contributed by atoms with van der Waals surface area (Å²) in [6, 6.07) is 28.7. The molecule has 9 rings (SSSR count). The topological polar surface area (TPSA) is 84.0 Å². The van der Waals surface area contributed by atoms with Crippen molar-refractivity contribution in [1.82, 2.24) is 0 Å². The summed E-state index contributed by atoms with van der Waals surface area (Å²) in [6.07, 6.45) is 0.0807. The van der Waals surface area contributed by atoms with E-state index >= 15 is 0 Å². The van der Waals surface area contributed by atoms with Crippen LogP contribution in [0.15, 0.2) is 91.0 Å². The van der Waals surface area contributed by atoms with Gasteiger partial charge in [0.2, 0.25) is 17.7 Å². The van der Waals surface area contributed by atoms with Crippen LogP contribution in [0, 0.1) is 31.6 Å². The summed E-state index contributed by atoms with van der Waals surface area (Å²) in [7, 11) is 0. The van der Waals surface area contributed by atoms with Crippen molar-refractivity contribution in [2.45, 2.75) is 32.1 Å². The van der Waals surface area contributed by atoms with Gasteiger partial charge in [-0.25, -0.2) is 4.90 Å². The Morgan fingerprint density at radius 3 is 1.68 bits per heavy atom. The lowest BCUT2D eigenvalue weighted by Gasteiger charge is -2.45. The number of hydrogen-bond acceptors (Lipinski definition) is 5. The maximum absolute atomic E-state index is 14.0. The van der Waals surface area contributed by atoms with Crippen molar-refractivity contribution < 1.29 is 23.9 Å². The Balaban J connectivity index is 1.02. The molecule has 44 heavy (non-hydrogen) atoms. The Kier molecular flexibility index (Phi) is 5.88. The number of ether oxygens (including phenoxy) is 1. The van der Waals surface area contributed by atoms with Crippen LogP contribution in [-0.2, 0) is 19.2 Å². The monoisotopic (exact) mass is 582 g/mol. The molecule has 0 radical (unpaired) electrons. The van der Waals surface area contributed by atoms with E-state index in [4.69, 9.17) is 4.74 Å². The van der Waals surface area contributed by atoms with E-state index in [0.717, 1.165) is 39.1 Å². The van der Waals surface area contributed by atoms with Crippen LogP contribution in [0.5, 0.6) is 5.75 Å². The highest BCUT2D eigenvalue weighted by Crippen LogP contribution is 2.61. The fraction of sp³-hybridized carbons (Fsp3) is 0.243. The fourth-order valence-corrected chi connectivity index (χ4v) is 8.11. The van der Waals surface area contributed by atoms with Crippen molar-refractivity contribution in [3.63, 3.8) is 0 Å². The van der Waals surface area contributed by atoms with Gasteiger partial charge >= 0.3 is 5.97 Å². The number of para-hydroxylation sites is 1. The van der Waals surface area contributed by atoms with E-state index in [-0.39, 0.29) is 42.5 Å². The Bertz CT molecular complexity index is 1760. The second-order valence-electron chi connectivity index (χ2n) is 12.3. The third-order valence-corrected chi connectivity index (χ3v) is 9.93. The first kappa shape index (κ1) is 26.6. The number of anilines is 2. The highest BCUT2D eigenvalue weighted by atomic mass is 16.5. The first-order chi connectivity index (χ1) is 21.3. The molecule has 3 atom stereocenters. The van der Waals surface area contributed by atoms with Crippen molar-refractivity contribution in [3.05, 3.63) is 124 Å². The first-order valence-corrected chi connectivity index (χ1v) is 15.1. The van der Waals surface area contributed by atoms with Crippen LogP contribution >= 0.6 is 0 Å². The summed E-state index contributed by atoms with van der Waals surface area (Å²) in [4.78, 5) is 57.0. The predicted octanol–water partition coefficient (Wildman–Crippen LogP) is 5.66. The van der Waals surface area contributed by atoms with Gasteiger partial charge in [0.15, 0.2) is 0 Å². The van der Waals surface area contributed by atoms with E-state index in [9.17, 15) is 19.2 Å². The van der Waals surface area contributed by atoms with Crippen molar-refractivity contribution in [2.75, 3.05) is 16.3 Å². The van der Waals surface area contributed by atoms with Crippen LogP contribution in [0.4, 0.5) is 11.4 Å². The van der Waals surface area contributed by atoms with Gasteiger partial charge in [-0.2, -0.15) is 0 Å². The Morgan fingerprint density at radius 1 is 0.682 bits per heavy atom. The van der Waals surface area contributed by atoms with Crippen molar-refractivity contribution in [2.24, 2.45) is 17.8 Å². The van der Waals surface area contributed by atoms with Gasteiger partial charge < -0.3 is 9.64 Å². The molecule has 7 nitrogen and oxygen atoms in total. The molecule has 4 aromatic rings. The van der Waals surface area contributed by atoms with Gasteiger partial charge in [0, 0.05) is 30.5 Å². The van der Waals surface area contributed by atoms with Crippen LogP contribution in [0.3, 0.4) is 0 Å². The predicted molar refractivity (Wildman–Crippen MR) is 164 cm³/mol. The number of imide groups is 1. The Morgan fingerprint density at radius 2 is 1.18 bits per heavy atom. The van der Waals surface area contributed by atoms with Crippen molar-refractivity contribution >= 4 is 35.1 Å². The number of carbonyl (C=O) groups excluding carboxylic acids is 4. The standard InChI is InChI=1S/C37H30N2O5/c1-20-8-7-9-21(2)34(20)38-19-22(18-29(38)40)37(43)44-24-16-14-23(15-17-24)39-35(41)32-30-25-10-3-4-11-26(25)31(33(32)36(39)42)28-13-6-5-12-27(28)30/h3-17,22,30-33H,18-19H2,1-2H3/t22-,30?,31?,32-,33-/m1/s1. The number of carbonyl (C=O) groups is 4. The number of rotatable bonds is 4. The van der Waals surface area contributed by atoms with E-state index in [1.807, 2.05) is 56.3 Å². The minimum atomic E-state index is -0.593. The number of amides is 3. The summed E-state index contributed by atoms with van der Waals surface area (Å²) in [5.74, 6) is -2.54. The summed E-state index contributed by atoms with van der Waals surface area (Å²) in [5, 5.41) is 0. The third-order valence-electron chi connectivity index (χ3n) is 9.93. The molecule has 2 bridgehead atoms. The van der Waals surface area contributed by atoms with Gasteiger partial charge in [-0.1, -0.05) is 66.7 Å². The van der Waals surface area contributed by atoms with E-state index in [1.165, 1.54) is 4.90 Å². The third kappa shape index (κ3) is 3.75. The molecule has 0 N–H and O–H groups in total. The number of hydrogen-bond donors (Lipinski definition) is 0. The molecule has 218 valence electrons. The van der Waals surface area contributed by atoms with E-state index < -0.39 is 23.7 Å². The molecule has 2 aliphatic heterocycles. The van der Waals surface area contributed by atoms with Gasteiger partial charge in [0.25, 0.3) is 0 Å². The highest BCUT2D eigenvalue weighted by Gasteiger charge is 2.61. The number of nitrogens with zero attached hydrogens (tertiary/aromatic N) is 2. The molecule has 0 aromatic heterocycles. The summed E-state index contributed by atoms with van der Waals surface area (Å²) < 4.78 is 5.68. The first-order valence-electron chi connectivity index (χ1n) is 15.1. The zero-order valence-corrected chi connectivity index (χ0v) is 24.4. The molecule has 3 aliphatic carbocycles. The maximum atomic E-state index is 14.0. The number of benzene rings is 4. The quantitative estimate of drug-likeness (QED) is 0.176. The lowest BCUT2D eigenvalue weighted by atomic mass is 9.55. The largest absolute Gasteiger partial charge is 0.426 e. The second-order valence-corrected chi connectivity index (χ2v) is 12.3. The van der Waals surface area contributed by atoms with Crippen molar-refractivity contribution in [3.8, 4) is 5.75 Å². The molecule has 7 heteroatoms. The van der Waals surface area contributed by atoms with Crippen LogP contribution < -0.4 is 14.5 Å². The average Bonchev–Trinajstić information content (AvgIpc) is 3.54. The van der Waals surface area contributed by atoms with E-state index in [2.05, 4.69) is 24.3 Å². The second kappa shape index (κ2) is 9.74. The fourth-order valence-electron chi connectivity index (χ4n) is 8.11. The normalized spacial score (nSPS) is 24.8. The molecule has 0 spiro atoms. The van der Waals surface area contributed by atoms with Crippen LogP contribution in [-0.4, -0.2) is 30.2 Å². The summed E-state index contributed by atoms with van der Waals surface area (Å²) >= 11 is 0. The van der Waals surface area contributed by atoms with Gasteiger partial charge in [0.05, 0.1) is 23.4 Å². The van der Waals surface area contributed by atoms with Gasteiger partial charge in [-0.3, -0.25) is 19.2 Å². The maximum Gasteiger partial charge on any atom is 0.316 e. The lowest BCUT2D eigenvalue weighted by molar-refractivity contribution is -0.139. The molecular weight excluding hydrogens is 552 g/mol. The summed E-state index contributed by atoms with van der Waals surface area (Å²) in [5.41, 5.74) is 7.78. The molecule has 2 heterocycles. The SMILES string of the molecule is Cc1cccc(C)c1N1C[C@H](C(=O)Oc2ccc(N3C(=O)[C@@H]4C5c6ccccc6C(c6ccccc65)[C@H]4C3=O)cc2)CC1=O. The molecule has 0 saturated carbocycles. The average molecular weight is 583 g/mol. The smallest absolute Gasteiger partial charge is 0.316 e. The number of esters is 1. The van der Waals surface area contributed by atoms with Gasteiger partial charge in [-0.05, 0) is 71.5 Å². The molecule has 2 saturated heterocycles. The van der Waals surface area contributed by atoms with Gasteiger partial charge in [-0.15, -0.1) is 0 Å². The van der Waals surface area contributed by atoms with Crippen LogP contribution in [0.1, 0.15) is 51.6 Å². The molecule has 3 amide bonds. The molecule has 0 unspecified atom stereocenters. The minimum Gasteiger partial charge on any atom is -0.426 e. The molecule has 5 aliphatic rings. The lowest BCUT2D eigenvalue weighted by Crippen LogP contribution is -2.41. The van der Waals surface area contributed by atoms with Crippen LogP contribution in [0.2, 0.25) is 0 Å². The van der Waals surface area contributed by atoms with Crippen molar-refractivity contribution in [1.29, 1.82) is 0 Å². The van der Waals surface area contributed by atoms with Gasteiger partial charge in [0.1, 0.15) is 5.75 Å². The Hall–Kier alpha value is -5.04. The molecular formula is C37H30N2O5. The highest BCUT2D eigenvalue weighted by molar-refractivity contribution is 6.23.